The average Bonchev–Trinajstić information content (AvgIpc) is 2.60. The lowest BCUT2D eigenvalue weighted by molar-refractivity contribution is 0.0640. The van der Waals surface area contributed by atoms with E-state index in [2.05, 4.69) is 55.4 Å². The molecular weight excluding hydrogens is 258 g/mol. The van der Waals surface area contributed by atoms with Gasteiger partial charge in [-0.15, -0.1) is 0 Å². The van der Waals surface area contributed by atoms with Crippen LogP contribution in [0.5, 0.6) is 5.75 Å². The van der Waals surface area contributed by atoms with E-state index in [4.69, 9.17) is 4.74 Å². The van der Waals surface area contributed by atoms with E-state index in [1.54, 1.807) is 0 Å². The highest BCUT2D eigenvalue weighted by atomic mass is 16.5. The molecule has 0 bridgehead atoms. The Morgan fingerprint density at radius 1 is 1.14 bits per heavy atom. The third-order valence-corrected chi connectivity index (χ3v) is 4.88. The van der Waals surface area contributed by atoms with Crippen molar-refractivity contribution in [2.24, 2.45) is 0 Å². The van der Waals surface area contributed by atoms with Crippen LogP contribution in [0.2, 0.25) is 0 Å². The molecule has 0 amide bonds. The lowest BCUT2D eigenvalue weighted by Gasteiger charge is -2.32. The number of rotatable bonds is 3. The van der Waals surface area contributed by atoms with Gasteiger partial charge in [0.15, 0.2) is 0 Å². The number of para-hydroxylation sites is 1. The second-order valence-corrected chi connectivity index (χ2v) is 6.79. The van der Waals surface area contributed by atoms with Crippen molar-refractivity contribution < 1.29 is 4.74 Å². The highest BCUT2D eigenvalue weighted by Crippen LogP contribution is 2.51. The minimum absolute atomic E-state index is 0.0169. The number of likely N-dealkylation sites (N-methyl/N-ethyl adjacent to an activating group) is 1. The van der Waals surface area contributed by atoms with E-state index in [1.165, 1.54) is 44.1 Å². The van der Waals surface area contributed by atoms with Gasteiger partial charge >= 0.3 is 0 Å². The summed E-state index contributed by atoms with van der Waals surface area (Å²) in [6.45, 7) is 0.995. The van der Waals surface area contributed by atoms with Gasteiger partial charge in [0.25, 0.3) is 0 Å². The van der Waals surface area contributed by atoms with Crippen LogP contribution in [0.25, 0.3) is 0 Å². The Hall–Kier alpha value is -1.28. The molecule has 1 atom stereocenters. The minimum Gasteiger partial charge on any atom is -0.486 e. The molecule has 3 rings (SSSR count). The summed E-state index contributed by atoms with van der Waals surface area (Å²) < 4.78 is 6.52. The van der Waals surface area contributed by atoms with Crippen molar-refractivity contribution >= 4 is 0 Å². The van der Waals surface area contributed by atoms with E-state index < -0.39 is 0 Å². The lowest BCUT2D eigenvalue weighted by Crippen LogP contribution is -2.36. The molecule has 1 heterocycles. The third kappa shape index (κ3) is 3.01. The second kappa shape index (κ2) is 6.23. The molecule has 1 aliphatic carbocycles. The van der Waals surface area contributed by atoms with Crippen LogP contribution in [0, 0.1) is 0 Å². The fraction of sp³-hybridized carbons (Fsp3) is 0.579. The van der Waals surface area contributed by atoms with Gasteiger partial charge in [-0.05, 0) is 45.8 Å². The minimum atomic E-state index is 0.0169. The van der Waals surface area contributed by atoms with E-state index in [1.807, 2.05) is 0 Å². The Balaban J connectivity index is 1.90. The van der Waals surface area contributed by atoms with E-state index in [0.717, 1.165) is 12.3 Å². The van der Waals surface area contributed by atoms with Gasteiger partial charge in [0.2, 0.25) is 0 Å². The van der Waals surface area contributed by atoms with Crippen molar-refractivity contribution in [3.05, 3.63) is 42.0 Å². The summed E-state index contributed by atoms with van der Waals surface area (Å²) in [6, 6.07) is 8.63. The zero-order valence-corrected chi connectivity index (χ0v) is 13.3. The van der Waals surface area contributed by atoms with Crippen LogP contribution in [-0.4, -0.2) is 31.1 Å². The maximum Gasteiger partial charge on any atom is 0.124 e. The number of benzene rings is 1. The molecule has 21 heavy (non-hydrogen) atoms. The standard InChI is InChI=1S/C19H27NO/c1-20(2)15-9-11-17-16-10-5-6-12-18(16)21-19(17)13-7-3-4-8-14-19/h5-6,9-12,17H,3-4,7-8,13-15H2,1-2H3/b11-9+. The van der Waals surface area contributed by atoms with Crippen LogP contribution in [-0.2, 0) is 0 Å². The molecule has 1 saturated carbocycles. The average molecular weight is 285 g/mol. The van der Waals surface area contributed by atoms with Crippen LogP contribution >= 0.6 is 0 Å². The number of ether oxygens (including phenoxy) is 1. The van der Waals surface area contributed by atoms with Gasteiger partial charge < -0.3 is 9.64 Å². The summed E-state index contributed by atoms with van der Waals surface area (Å²) in [5.74, 6) is 1.53. The van der Waals surface area contributed by atoms with Gasteiger partial charge in [0.05, 0.1) is 0 Å². The van der Waals surface area contributed by atoms with Crippen molar-refractivity contribution in [1.29, 1.82) is 0 Å². The molecule has 0 radical (unpaired) electrons. The van der Waals surface area contributed by atoms with Gasteiger partial charge in [-0.25, -0.2) is 0 Å². The molecule has 2 aliphatic rings. The Morgan fingerprint density at radius 2 is 1.86 bits per heavy atom. The quantitative estimate of drug-likeness (QED) is 0.764. The fourth-order valence-electron chi connectivity index (χ4n) is 3.82. The van der Waals surface area contributed by atoms with Gasteiger partial charge in [0, 0.05) is 18.0 Å². The highest BCUT2D eigenvalue weighted by molar-refractivity contribution is 5.46. The zero-order valence-electron chi connectivity index (χ0n) is 13.3. The number of hydrogen-bond acceptors (Lipinski definition) is 2. The van der Waals surface area contributed by atoms with Crippen molar-refractivity contribution in [3.8, 4) is 5.75 Å². The van der Waals surface area contributed by atoms with E-state index >= 15 is 0 Å². The fourth-order valence-corrected chi connectivity index (χ4v) is 3.82. The molecular formula is C19H27NO. The van der Waals surface area contributed by atoms with Gasteiger partial charge in [-0.2, -0.15) is 0 Å². The molecule has 1 unspecified atom stereocenters. The zero-order chi connectivity index (χ0) is 14.7. The van der Waals surface area contributed by atoms with Crippen LogP contribution in [0.4, 0.5) is 0 Å². The Bertz CT molecular complexity index is 498. The normalized spacial score (nSPS) is 24.2. The predicted molar refractivity (Wildman–Crippen MR) is 87.9 cm³/mol. The molecule has 0 saturated heterocycles. The molecule has 1 fully saturated rings. The first-order valence-electron chi connectivity index (χ1n) is 8.31. The molecule has 0 N–H and O–H groups in total. The van der Waals surface area contributed by atoms with Crippen molar-refractivity contribution in [2.75, 3.05) is 20.6 Å². The topological polar surface area (TPSA) is 12.5 Å². The second-order valence-electron chi connectivity index (χ2n) is 6.79. The first-order valence-corrected chi connectivity index (χ1v) is 8.31. The maximum absolute atomic E-state index is 6.52. The molecule has 1 aromatic carbocycles. The predicted octanol–water partition coefficient (Wildman–Crippen LogP) is 4.37. The van der Waals surface area contributed by atoms with Gasteiger partial charge in [-0.1, -0.05) is 43.2 Å². The summed E-state index contributed by atoms with van der Waals surface area (Å²) in [5.41, 5.74) is 1.40. The lowest BCUT2D eigenvalue weighted by atomic mass is 9.79. The van der Waals surface area contributed by atoms with Crippen molar-refractivity contribution in [1.82, 2.24) is 4.90 Å². The molecule has 0 aromatic heterocycles. The molecule has 1 spiro atoms. The first-order chi connectivity index (χ1) is 10.2. The summed E-state index contributed by atoms with van der Waals surface area (Å²) in [6.07, 6.45) is 12.4. The van der Waals surface area contributed by atoms with Crippen LogP contribution in [0.3, 0.4) is 0 Å². The number of nitrogens with zero attached hydrogens (tertiary/aromatic N) is 1. The molecule has 1 aromatic rings. The third-order valence-electron chi connectivity index (χ3n) is 4.88. The van der Waals surface area contributed by atoms with E-state index in [-0.39, 0.29) is 5.60 Å². The molecule has 114 valence electrons. The molecule has 2 nitrogen and oxygen atoms in total. The summed E-state index contributed by atoms with van der Waals surface area (Å²) in [7, 11) is 4.23. The van der Waals surface area contributed by atoms with Crippen molar-refractivity contribution in [3.63, 3.8) is 0 Å². The van der Waals surface area contributed by atoms with Gasteiger partial charge in [-0.3, -0.25) is 0 Å². The summed E-state index contributed by atoms with van der Waals surface area (Å²) >= 11 is 0. The van der Waals surface area contributed by atoms with Crippen LogP contribution < -0.4 is 4.74 Å². The molecule has 2 heteroatoms. The molecule has 1 aliphatic heterocycles. The first kappa shape index (κ1) is 14.6. The van der Waals surface area contributed by atoms with E-state index in [9.17, 15) is 0 Å². The largest absolute Gasteiger partial charge is 0.486 e. The monoisotopic (exact) mass is 285 g/mol. The number of hydrogen-bond donors (Lipinski definition) is 0. The van der Waals surface area contributed by atoms with Crippen molar-refractivity contribution in [2.45, 2.75) is 50.0 Å². The Kier molecular flexibility index (Phi) is 4.34. The summed E-state index contributed by atoms with van der Waals surface area (Å²) in [4.78, 5) is 2.21. The smallest absolute Gasteiger partial charge is 0.124 e. The SMILES string of the molecule is CN(C)C/C=C/C1c2ccccc2OC12CCCCCC2. The summed E-state index contributed by atoms with van der Waals surface area (Å²) in [5, 5.41) is 0. The Morgan fingerprint density at radius 3 is 2.57 bits per heavy atom. The van der Waals surface area contributed by atoms with Crippen LogP contribution in [0.15, 0.2) is 36.4 Å². The van der Waals surface area contributed by atoms with Gasteiger partial charge in [0.1, 0.15) is 11.4 Å². The Labute approximate surface area is 128 Å². The number of fused-ring (bicyclic) bond motifs is 1. The van der Waals surface area contributed by atoms with Crippen LogP contribution in [0.1, 0.15) is 50.0 Å². The highest BCUT2D eigenvalue weighted by Gasteiger charge is 2.46. The maximum atomic E-state index is 6.52. The van der Waals surface area contributed by atoms with E-state index in [0.29, 0.717) is 5.92 Å².